The van der Waals surface area contributed by atoms with Gasteiger partial charge in [0, 0.05) is 0 Å². The molecule has 1 rings (SSSR count). The average molecular weight is 282 g/mol. The summed E-state index contributed by atoms with van der Waals surface area (Å²) in [5.41, 5.74) is 0. The molecule has 2 amide bonds. The largest absolute Gasteiger partial charge is 0.468 e. The van der Waals surface area contributed by atoms with E-state index in [1.54, 1.807) is 11.0 Å². The second-order valence-electron chi connectivity index (χ2n) is 4.14. The molecule has 0 unspecified atom stereocenters. The van der Waals surface area contributed by atoms with E-state index >= 15 is 0 Å². The van der Waals surface area contributed by atoms with Crippen LogP contribution in [0.5, 0.6) is 0 Å². The molecule has 1 aromatic heterocycles. The molecule has 0 saturated carbocycles. The zero-order chi connectivity index (χ0) is 15.0. The van der Waals surface area contributed by atoms with E-state index < -0.39 is 17.8 Å². The molecule has 1 aromatic rings. The Morgan fingerprint density at radius 3 is 2.65 bits per heavy atom. The zero-order valence-corrected chi connectivity index (χ0v) is 11.5. The summed E-state index contributed by atoms with van der Waals surface area (Å²) in [6.07, 6.45) is 2.12. The Bertz CT molecular complexity index is 455. The second-order valence-corrected chi connectivity index (χ2v) is 4.14. The lowest BCUT2D eigenvalue weighted by molar-refractivity contribution is -0.142. The molecule has 0 aliphatic carbocycles. The van der Waals surface area contributed by atoms with Gasteiger partial charge in [0.05, 0.1) is 26.5 Å². The molecule has 0 atom stereocenters. The summed E-state index contributed by atoms with van der Waals surface area (Å²) in [6, 6.07) is 3.01. The number of ether oxygens (including phenoxy) is 1. The van der Waals surface area contributed by atoms with Crippen molar-refractivity contribution in [2.45, 2.75) is 13.3 Å². The van der Waals surface area contributed by atoms with Crippen LogP contribution in [-0.4, -0.2) is 49.4 Å². The number of methoxy groups -OCH3 is 1. The quantitative estimate of drug-likeness (QED) is 0.729. The number of nitrogens with one attached hydrogen (secondary N) is 1. The molecule has 1 N–H and O–H groups in total. The summed E-state index contributed by atoms with van der Waals surface area (Å²) in [6.45, 7) is 2.43. The summed E-state index contributed by atoms with van der Waals surface area (Å²) in [7, 11) is 1.28. The fourth-order valence-electron chi connectivity index (χ4n) is 1.62. The van der Waals surface area contributed by atoms with Crippen LogP contribution >= 0.6 is 0 Å². The van der Waals surface area contributed by atoms with E-state index in [1.165, 1.54) is 19.4 Å². The summed E-state index contributed by atoms with van der Waals surface area (Å²) in [5.74, 6) is -1.46. The third kappa shape index (κ3) is 5.23. The second kappa shape index (κ2) is 8.11. The maximum Gasteiger partial charge on any atom is 0.319 e. The number of hydrogen-bond donors (Lipinski definition) is 1. The van der Waals surface area contributed by atoms with Crippen molar-refractivity contribution in [1.82, 2.24) is 10.2 Å². The fraction of sp³-hybridized carbons (Fsp3) is 0.462. The normalized spacial score (nSPS) is 10.3. The van der Waals surface area contributed by atoms with Gasteiger partial charge in [-0.25, -0.2) is 0 Å². The molecule has 110 valence electrons. The average Bonchev–Trinajstić information content (AvgIpc) is 2.92. The van der Waals surface area contributed by atoms with Crippen LogP contribution in [0.1, 0.15) is 23.9 Å². The van der Waals surface area contributed by atoms with Gasteiger partial charge in [0.15, 0.2) is 5.76 Å². The Kier molecular flexibility index (Phi) is 6.45. The maximum atomic E-state index is 11.7. The SMILES string of the molecule is CCCN(CC(=O)NC(=O)c1ccco1)CC(=O)OC. The minimum Gasteiger partial charge on any atom is -0.468 e. The van der Waals surface area contributed by atoms with Crippen molar-refractivity contribution in [2.24, 2.45) is 0 Å². The number of amides is 2. The summed E-state index contributed by atoms with van der Waals surface area (Å²) in [4.78, 5) is 36.2. The number of esters is 1. The lowest BCUT2D eigenvalue weighted by atomic mass is 10.3. The van der Waals surface area contributed by atoms with E-state index in [0.717, 1.165) is 6.42 Å². The van der Waals surface area contributed by atoms with Gasteiger partial charge in [-0.05, 0) is 25.1 Å². The van der Waals surface area contributed by atoms with E-state index in [-0.39, 0.29) is 18.8 Å². The third-order valence-corrected chi connectivity index (χ3v) is 2.49. The maximum absolute atomic E-state index is 11.7. The number of rotatable bonds is 7. The van der Waals surface area contributed by atoms with Crippen molar-refractivity contribution in [3.8, 4) is 0 Å². The van der Waals surface area contributed by atoms with E-state index in [9.17, 15) is 14.4 Å². The van der Waals surface area contributed by atoms with Crippen molar-refractivity contribution >= 4 is 17.8 Å². The number of carbonyl (C=O) groups excluding carboxylic acids is 3. The molecule has 0 fully saturated rings. The van der Waals surface area contributed by atoms with Gasteiger partial charge in [-0.1, -0.05) is 6.92 Å². The van der Waals surface area contributed by atoms with Gasteiger partial charge < -0.3 is 9.15 Å². The van der Waals surface area contributed by atoms with Crippen LogP contribution in [0.4, 0.5) is 0 Å². The van der Waals surface area contributed by atoms with Crippen LogP contribution in [-0.2, 0) is 14.3 Å². The van der Waals surface area contributed by atoms with Crippen LogP contribution in [0.3, 0.4) is 0 Å². The van der Waals surface area contributed by atoms with Crippen molar-refractivity contribution in [3.63, 3.8) is 0 Å². The van der Waals surface area contributed by atoms with E-state index in [1.807, 2.05) is 6.92 Å². The summed E-state index contributed by atoms with van der Waals surface area (Å²) >= 11 is 0. The van der Waals surface area contributed by atoms with Crippen molar-refractivity contribution < 1.29 is 23.5 Å². The van der Waals surface area contributed by atoms with Gasteiger partial charge in [-0.2, -0.15) is 0 Å². The van der Waals surface area contributed by atoms with Gasteiger partial charge in [0.25, 0.3) is 5.91 Å². The van der Waals surface area contributed by atoms with Crippen molar-refractivity contribution in [1.29, 1.82) is 0 Å². The van der Waals surface area contributed by atoms with Crippen LogP contribution in [0.2, 0.25) is 0 Å². The van der Waals surface area contributed by atoms with Gasteiger partial charge in [0.1, 0.15) is 0 Å². The first-order valence-corrected chi connectivity index (χ1v) is 6.23. The number of nitrogens with zero attached hydrogens (tertiary/aromatic N) is 1. The highest BCUT2D eigenvalue weighted by atomic mass is 16.5. The highest BCUT2D eigenvalue weighted by molar-refractivity contribution is 6.03. The van der Waals surface area contributed by atoms with E-state index in [2.05, 4.69) is 10.1 Å². The molecular weight excluding hydrogens is 264 g/mol. The number of carbonyl (C=O) groups is 3. The van der Waals surface area contributed by atoms with Crippen LogP contribution < -0.4 is 5.32 Å². The molecule has 1 heterocycles. The number of furan rings is 1. The topological polar surface area (TPSA) is 88.9 Å². The molecule has 0 bridgehead atoms. The smallest absolute Gasteiger partial charge is 0.319 e. The molecule has 20 heavy (non-hydrogen) atoms. The van der Waals surface area contributed by atoms with Gasteiger partial charge in [-0.3, -0.25) is 24.6 Å². The first kappa shape index (κ1) is 15.9. The number of hydrogen-bond acceptors (Lipinski definition) is 6. The first-order chi connectivity index (χ1) is 9.56. The van der Waals surface area contributed by atoms with Gasteiger partial charge in [0.2, 0.25) is 5.91 Å². The Balaban J connectivity index is 2.49. The molecule has 0 spiro atoms. The molecule has 7 heteroatoms. The van der Waals surface area contributed by atoms with Crippen molar-refractivity contribution in [2.75, 3.05) is 26.7 Å². The Labute approximate surface area is 116 Å². The minimum absolute atomic E-state index is 0.00665. The van der Waals surface area contributed by atoms with Gasteiger partial charge >= 0.3 is 5.97 Å². The Hall–Kier alpha value is -2.15. The Morgan fingerprint density at radius 1 is 1.35 bits per heavy atom. The molecule has 0 aromatic carbocycles. The monoisotopic (exact) mass is 282 g/mol. The van der Waals surface area contributed by atoms with Crippen molar-refractivity contribution in [3.05, 3.63) is 24.2 Å². The molecule has 0 aliphatic rings. The van der Waals surface area contributed by atoms with Gasteiger partial charge in [-0.15, -0.1) is 0 Å². The summed E-state index contributed by atoms with van der Waals surface area (Å²) < 4.78 is 9.43. The molecule has 0 radical (unpaired) electrons. The highest BCUT2D eigenvalue weighted by Gasteiger charge is 2.17. The molecule has 0 aliphatic heterocycles. The highest BCUT2D eigenvalue weighted by Crippen LogP contribution is 1.99. The lowest BCUT2D eigenvalue weighted by Crippen LogP contribution is -2.42. The van der Waals surface area contributed by atoms with Crippen LogP contribution in [0, 0.1) is 0 Å². The number of imide groups is 1. The molecule has 0 saturated heterocycles. The minimum atomic E-state index is -0.602. The predicted octanol–water partition coefficient (Wildman–Crippen LogP) is 0.421. The standard InChI is InChI=1S/C13H18N2O5/c1-3-6-15(9-12(17)19-2)8-11(16)14-13(18)10-5-4-7-20-10/h4-5,7H,3,6,8-9H2,1-2H3,(H,14,16,18). The predicted molar refractivity (Wildman–Crippen MR) is 69.9 cm³/mol. The summed E-state index contributed by atoms with van der Waals surface area (Å²) in [5, 5.41) is 2.20. The lowest BCUT2D eigenvalue weighted by Gasteiger charge is -2.19. The van der Waals surface area contributed by atoms with Crippen LogP contribution in [0.25, 0.3) is 0 Å². The Morgan fingerprint density at radius 2 is 2.10 bits per heavy atom. The van der Waals surface area contributed by atoms with E-state index in [0.29, 0.717) is 6.54 Å². The molecule has 7 nitrogen and oxygen atoms in total. The first-order valence-electron chi connectivity index (χ1n) is 6.23. The fourth-order valence-corrected chi connectivity index (χ4v) is 1.62. The zero-order valence-electron chi connectivity index (χ0n) is 11.5. The van der Waals surface area contributed by atoms with Crippen LogP contribution in [0.15, 0.2) is 22.8 Å². The molecular formula is C13H18N2O5. The van der Waals surface area contributed by atoms with E-state index in [4.69, 9.17) is 4.42 Å². The third-order valence-electron chi connectivity index (χ3n) is 2.49.